The molecule has 4 nitrogen and oxygen atoms in total. The molecule has 0 bridgehead atoms. The van der Waals surface area contributed by atoms with Gasteiger partial charge in [0.15, 0.2) is 0 Å². The number of carboxylic acids is 1. The lowest BCUT2D eigenvalue weighted by molar-refractivity contribution is -0.153. The van der Waals surface area contributed by atoms with Gasteiger partial charge in [-0.1, -0.05) is 44.2 Å². The van der Waals surface area contributed by atoms with E-state index >= 15 is 0 Å². The number of aliphatic carboxylic acids is 1. The standard InChI is InChI=1S/C18H25NO3/c1-3-14(15-7-5-4-6-8-15)12-17(20)19-10-9-13(2)11-16(19)18(21)22/h4-8,13-14,16H,3,9-12H2,1-2H3,(H,21,22). The molecule has 22 heavy (non-hydrogen) atoms. The van der Waals surface area contributed by atoms with Crippen LogP contribution >= 0.6 is 0 Å². The first-order valence-electron chi connectivity index (χ1n) is 8.10. The smallest absolute Gasteiger partial charge is 0.326 e. The third-order valence-electron chi connectivity index (χ3n) is 4.65. The van der Waals surface area contributed by atoms with E-state index in [1.54, 1.807) is 4.90 Å². The highest BCUT2D eigenvalue weighted by Gasteiger charge is 2.35. The highest BCUT2D eigenvalue weighted by atomic mass is 16.4. The molecule has 3 atom stereocenters. The lowest BCUT2D eigenvalue weighted by atomic mass is 9.89. The third-order valence-corrected chi connectivity index (χ3v) is 4.65. The van der Waals surface area contributed by atoms with E-state index in [0.29, 0.717) is 25.3 Å². The largest absolute Gasteiger partial charge is 0.480 e. The lowest BCUT2D eigenvalue weighted by Crippen LogP contribution is -2.50. The maximum atomic E-state index is 12.6. The molecule has 1 amide bonds. The summed E-state index contributed by atoms with van der Waals surface area (Å²) in [6, 6.07) is 9.33. The van der Waals surface area contributed by atoms with Crippen molar-refractivity contribution in [2.75, 3.05) is 6.54 Å². The van der Waals surface area contributed by atoms with Gasteiger partial charge in [0, 0.05) is 13.0 Å². The number of carbonyl (C=O) groups is 2. The highest BCUT2D eigenvalue weighted by molar-refractivity contribution is 5.84. The van der Waals surface area contributed by atoms with Gasteiger partial charge >= 0.3 is 5.97 Å². The van der Waals surface area contributed by atoms with Crippen molar-refractivity contribution in [3.8, 4) is 0 Å². The topological polar surface area (TPSA) is 57.6 Å². The van der Waals surface area contributed by atoms with Crippen LogP contribution in [0, 0.1) is 5.92 Å². The molecule has 1 aromatic carbocycles. The number of hydrogen-bond acceptors (Lipinski definition) is 2. The van der Waals surface area contributed by atoms with Crippen LogP contribution in [-0.2, 0) is 9.59 Å². The van der Waals surface area contributed by atoms with E-state index < -0.39 is 12.0 Å². The fourth-order valence-electron chi connectivity index (χ4n) is 3.23. The number of hydrogen-bond donors (Lipinski definition) is 1. The van der Waals surface area contributed by atoms with Gasteiger partial charge in [-0.25, -0.2) is 4.79 Å². The predicted molar refractivity (Wildman–Crippen MR) is 85.6 cm³/mol. The van der Waals surface area contributed by atoms with Crippen molar-refractivity contribution in [1.29, 1.82) is 0 Å². The Hall–Kier alpha value is -1.84. The van der Waals surface area contributed by atoms with Crippen molar-refractivity contribution in [2.45, 2.75) is 51.5 Å². The van der Waals surface area contributed by atoms with E-state index in [0.717, 1.165) is 18.4 Å². The van der Waals surface area contributed by atoms with Gasteiger partial charge < -0.3 is 10.0 Å². The molecule has 1 fully saturated rings. The zero-order valence-electron chi connectivity index (χ0n) is 13.4. The Morgan fingerprint density at radius 3 is 2.59 bits per heavy atom. The summed E-state index contributed by atoms with van der Waals surface area (Å²) in [7, 11) is 0. The van der Waals surface area contributed by atoms with Gasteiger partial charge in [-0.2, -0.15) is 0 Å². The van der Waals surface area contributed by atoms with Crippen LogP contribution in [0.15, 0.2) is 30.3 Å². The minimum absolute atomic E-state index is 0.0324. The molecule has 0 aromatic heterocycles. The Morgan fingerprint density at radius 2 is 2.00 bits per heavy atom. The maximum absolute atomic E-state index is 12.6. The lowest BCUT2D eigenvalue weighted by Gasteiger charge is -2.36. The van der Waals surface area contributed by atoms with E-state index in [1.165, 1.54) is 0 Å². The van der Waals surface area contributed by atoms with Crippen LogP contribution in [0.3, 0.4) is 0 Å². The van der Waals surface area contributed by atoms with E-state index in [2.05, 4.69) is 13.8 Å². The summed E-state index contributed by atoms with van der Waals surface area (Å²) in [6.07, 6.45) is 2.71. The van der Waals surface area contributed by atoms with Crippen LogP contribution in [0.1, 0.15) is 51.0 Å². The summed E-state index contributed by atoms with van der Waals surface area (Å²) < 4.78 is 0. The minimum atomic E-state index is -0.882. The maximum Gasteiger partial charge on any atom is 0.326 e. The fraction of sp³-hybridized carbons (Fsp3) is 0.556. The summed E-state index contributed by atoms with van der Waals surface area (Å²) >= 11 is 0. The molecule has 0 aliphatic carbocycles. The number of rotatable bonds is 5. The molecule has 1 heterocycles. The molecule has 2 rings (SSSR count). The first-order valence-corrected chi connectivity index (χ1v) is 8.10. The minimum Gasteiger partial charge on any atom is -0.480 e. The van der Waals surface area contributed by atoms with Gasteiger partial charge in [-0.05, 0) is 36.7 Å². The summed E-state index contributed by atoms with van der Waals surface area (Å²) in [5.74, 6) is -0.397. The summed E-state index contributed by atoms with van der Waals surface area (Å²) in [5.41, 5.74) is 1.15. The second kappa shape index (κ2) is 7.43. The summed E-state index contributed by atoms with van der Waals surface area (Å²) in [4.78, 5) is 25.6. The van der Waals surface area contributed by atoms with Gasteiger partial charge in [0.25, 0.3) is 0 Å². The van der Waals surface area contributed by atoms with Gasteiger partial charge in [-0.3, -0.25) is 4.79 Å². The van der Waals surface area contributed by atoms with Gasteiger partial charge in [-0.15, -0.1) is 0 Å². The first-order chi connectivity index (χ1) is 10.5. The zero-order chi connectivity index (χ0) is 16.1. The van der Waals surface area contributed by atoms with Crippen molar-refractivity contribution < 1.29 is 14.7 Å². The number of carboxylic acid groups (broad SMARTS) is 1. The van der Waals surface area contributed by atoms with Crippen LogP contribution < -0.4 is 0 Å². The molecule has 1 saturated heterocycles. The van der Waals surface area contributed by atoms with Crippen molar-refractivity contribution in [3.63, 3.8) is 0 Å². The Balaban J connectivity index is 2.08. The van der Waals surface area contributed by atoms with Crippen LogP contribution in [0.2, 0.25) is 0 Å². The highest BCUT2D eigenvalue weighted by Crippen LogP contribution is 2.28. The quantitative estimate of drug-likeness (QED) is 0.908. The number of piperidine rings is 1. The van der Waals surface area contributed by atoms with Gasteiger partial charge in [0.05, 0.1) is 0 Å². The second-order valence-electron chi connectivity index (χ2n) is 6.29. The molecular formula is C18H25NO3. The number of amides is 1. The SMILES string of the molecule is CCC(CC(=O)N1CCC(C)CC1C(=O)O)c1ccccc1. The van der Waals surface area contributed by atoms with E-state index in [-0.39, 0.29) is 11.8 Å². The van der Waals surface area contributed by atoms with Crippen molar-refractivity contribution in [1.82, 2.24) is 4.90 Å². The van der Waals surface area contributed by atoms with Crippen LogP contribution in [0.25, 0.3) is 0 Å². The Morgan fingerprint density at radius 1 is 1.32 bits per heavy atom. The van der Waals surface area contributed by atoms with Gasteiger partial charge in [0.1, 0.15) is 6.04 Å². The third kappa shape index (κ3) is 3.87. The van der Waals surface area contributed by atoms with E-state index in [1.807, 2.05) is 30.3 Å². The Kier molecular flexibility index (Phi) is 5.58. The zero-order valence-corrected chi connectivity index (χ0v) is 13.4. The van der Waals surface area contributed by atoms with Crippen molar-refractivity contribution in [2.24, 2.45) is 5.92 Å². The van der Waals surface area contributed by atoms with E-state index in [9.17, 15) is 14.7 Å². The molecule has 1 aliphatic rings. The predicted octanol–water partition coefficient (Wildman–Crippen LogP) is 3.28. The molecule has 4 heteroatoms. The monoisotopic (exact) mass is 303 g/mol. The van der Waals surface area contributed by atoms with Crippen molar-refractivity contribution in [3.05, 3.63) is 35.9 Å². The number of carbonyl (C=O) groups excluding carboxylic acids is 1. The molecule has 1 N–H and O–H groups in total. The molecule has 1 aromatic rings. The summed E-state index contributed by atoms with van der Waals surface area (Å²) in [6.45, 7) is 4.68. The second-order valence-corrected chi connectivity index (χ2v) is 6.29. The Labute approximate surface area is 132 Å². The molecule has 1 aliphatic heterocycles. The van der Waals surface area contributed by atoms with Crippen molar-refractivity contribution >= 4 is 11.9 Å². The average molecular weight is 303 g/mol. The molecule has 0 saturated carbocycles. The number of benzene rings is 1. The average Bonchev–Trinajstić information content (AvgIpc) is 2.53. The number of likely N-dealkylation sites (tertiary alicyclic amines) is 1. The van der Waals surface area contributed by atoms with Gasteiger partial charge in [0.2, 0.25) is 5.91 Å². The van der Waals surface area contributed by atoms with E-state index in [4.69, 9.17) is 0 Å². The molecule has 0 radical (unpaired) electrons. The molecule has 3 unspecified atom stereocenters. The fourth-order valence-corrected chi connectivity index (χ4v) is 3.23. The van der Waals surface area contributed by atoms with Crippen LogP contribution in [0.4, 0.5) is 0 Å². The molecular weight excluding hydrogens is 278 g/mol. The number of nitrogens with zero attached hydrogens (tertiary/aromatic N) is 1. The summed E-state index contributed by atoms with van der Waals surface area (Å²) in [5, 5.41) is 9.39. The normalized spacial score (nSPS) is 23.1. The Bertz CT molecular complexity index is 514. The van der Waals surface area contributed by atoms with Crippen LogP contribution in [-0.4, -0.2) is 34.5 Å². The first kappa shape index (κ1) is 16.5. The molecule has 120 valence electrons. The molecule has 0 spiro atoms. The van der Waals surface area contributed by atoms with Crippen LogP contribution in [0.5, 0.6) is 0 Å².